The van der Waals surface area contributed by atoms with Crippen LogP contribution < -0.4 is 10.2 Å². The van der Waals surface area contributed by atoms with Crippen LogP contribution in [0.4, 0.5) is 5.13 Å². The first-order chi connectivity index (χ1) is 12.1. The molecule has 0 aliphatic carbocycles. The van der Waals surface area contributed by atoms with E-state index in [0.29, 0.717) is 6.54 Å². The van der Waals surface area contributed by atoms with Gasteiger partial charge in [0.2, 0.25) is 0 Å². The fraction of sp³-hybridized carbons (Fsp3) is 0.778. The molecule has 2 heterocycles. The van der Waals surface area contributed by atoms with Crippen molar-refractivity contribution < 1.29 is 0 Å². The third kappa shape index (κ3) is 5.85. The van der Waals surface area contributed by atoms with E-state index in [4.69, 9.17) is 4.99 Å². The molecule has 0 aromatic carbocycles. The Morgan fingerprint density at radius 1 is 1.36 bits per heavy atom. The Labute approximate surface area is 156 Å². The molecule has 1 aliphatic rings. The van der Waals surface area contributed by atoms with Crippen LogP contribution in [-0.4, -0.2) is 74.1 Å². The van der Waals surface area contributed by atoms with Crippen LogP contribution in [0.3, 0.4) is 0 Å². The fourth-order valence-corrected chi connectivity index (χ4v) is 3.93. The van der Waals surface area contributed by atoms with Crippen LogP contribution in [-0.2, 0) is 6.54 Å². The summed E-state index contributed by atoms with van der Waals surface area (Å²) in [4.78, 5) is 16.4. The smallest absolute Gasteiger partial charge is 0.194 e. The minimum absolute atomic E-state index is 0.643. The Morgan fingerprint density at radius 2 is 2.12 bits per heavy atom. The lowest BCUT2D eigenvalue weighted by molar-refractivity contribution is 0.255. The summed E-state index contributed by atoms with van der Waals surface area (Å²) in [5, 5.41) is 6.60. The molecule has 1 aromatic rings. The third-order valence-electron chi connectivity index (χ3n) is 4.64. The van der Waals surface area contributed by atoms with Gasteiger partial charge in [0.15, 0.2) is 11.1 Å². The predicted octanol–water partition coefficient (Wildman–Crippen LogP) is 2.34. The van der Waals surface area contributed by atoms with Crippen LogP contribution in [0.15, 0.2) is 10.4 Å². The topological polar surface area (TPSA) is 47.0 Å². The molecule has 25 heavy (non-hydrogen) atoms. The standard InChI is InChI=1S/C18H34N6S/c1-6-19-17(20-11-16-14-25-18(21-16)22(4)5)24-10-9-15(13-24)12-23(7-2)8-3/h14-15H,6-13H2,1-5H3,(H,19,20). The Kier molecular flexibility index (Phi) is 7.96. The minimum Gasteiger partial charge on any atom is -0.357 e. The minimum atomic E-state index is 0.643. The lowest BCUT2D eigenvalue weighted by Gasteiger charge is -2.24. The molecule has 0 spiro atoms. The van der Waals surface area contributed by atoms with E-state index in [1.54, 1.807) is 11.3 Å². The van der Waals surface area contributed by atoms with Crippen molar-refractivity contribution in [1.29, 1.82) is 0 Å². The molecule has 1 aromatic heterocycles. The van der Waals surface area contributed by atoms with Crippen LogP contribution in [0.25, 0.3) is 0 Å². The highest BCUT2D eigenvalue weighted by molar-refractivity contribution is 7.13. The Hall–Kier alpha value is -1.34. The number of nitrogens with zero attached hydrogens (tertiary/aromatic N) is 5. The van der Waals surface area contributed by atoms with Crippen molar-refractivity contribution in [3.05, 3.63) is 11.1 Å². The van der Waals surface area contributed by atoms with Crippen molar-refractivity contribution in [2.24, 2.45) is 10.9 Å². The third-order valence-corrected chi connectivity index (χ3v) is 5.70. The maximum absolute atomic E-state index is 4.84. The quantitative estimate of drug-likeness (QED) is 0.565. The second kappa shape index (κ2) is 9.97. The van der Waals surface area contributed by atoms with E-state index in [9.17, 15) is 0 Å². The number of rotatable bonds is 8. The van der Waals surface area contributed by atoms with Crippen molar-refractivity contribution in [3.63, 3.8) is 0 Å². The Balaban J connectivity index is 1.95. The first-order valence-corrected chi connectivity index (χ1v) is 10.3. The second-order valence-electron chi connectivity index (χ2n) is 6.77. The van der Waals surface area contributed by atoms with Gasteiger partial charge in [0.1, 0.15) is 0 Å². The van der Waals surface area contributed by atoms with E-state index >= 15 is 0 Å². The van der Waals surface area contributed by atoms with Gasteiger partial charge in [-0.05, 0) is 32.4 Å². The summed E-state index contributed by atoms with van der Waals surface area (Å²) in [6, 6.07) is 0. The van der Waals surface area contributed by atoms with Gasteiger partial charge in [-0.15, -0.1) is 11.3 Å². The van der Waals surface area contributed by atoms with Gasteiger partial charge in [0.25, 0.3) is 0 Å². The van der Waals surface area contributed by atoms with Crippen molar-refractivity contribution >= 4 is 22.4 Å². The molecule has 0 saturated carbocycles. The first kappa shape index (κ1) is 20.0. The van der Waals surface area contributed by atoms with E-state index in [1.807, 2.05) is 19.0 Å². The average Bonchev–Trinajstić information content (AvgIpc) is 3.26. The van der Waals surface area contributed by atoms with E-state index in [-0.39, 0.29) is 0 Å². The molecule has 0 radical (unpaired) electrons. The molecule has 0 bridgehead atoms. The van der Waals surface area contributed by atoms with E-state index in [2.05, 4.69) is 46.3 Å². The van der Waals surface area contributed by atoms with Crippen LogP contribution in [0.5, 0.6) is 0 Å². The summed E-state index contributed by atoms with van der Waals surface area (Å²) in [6.45, 7) is 13.8. The van der Waals surface area contributed by atoms with Gasteiger partial charge in [0.05, 0.1) is 12.2 Å². The highest BCUT2D eigenvalue weighted by atomic mass is 32.1. The summed E-state index contributed by atoms with van der Waals surface area (Å²) >= 11 is 1.67. The zero-order valence-corrected chi connectivity index (χ0v) is 17.3. The molecule has 6 nitrogen and oxygen atoms in total. The average molecular weight is 367 g/mol. The van der Waals surface area contributed by atoms with Gasteiger partial charge in [-0.1, -0.05) is 13.8 Å². The maximum Gasteiger partial charge on any atom is 0.194 e. The van der Waals surface area contributed by atoms with E-state index in [1.165, 1.54) is 13.0 Å². The SMILES string of the molecule is CCNC(=NCc1csc(N(C)C)n1)N1CCC(CN(CC)CC)C1. The molecule has 1 N–H and O–H groups in total. The molecule has 2 rings (SSSR count). The number of hydrogen-bond acceptors (Lipinski definition) is 5. The Bertz CT molecular complexity index is 537. The highest BCUT2D eigenvalue weighted by Crippen LogP contribution is 2.20. The summed E-state index contributed by atoms with van der Waals surface area (Å²) in [5.41, 5.74) is 1.04. The molecular weight excluding hydrogens is 332 g/mol. The molecule has 0 amide bonds. The van der Waals surface area contributed by atoms with Gasteiger partial charge in [0, 0.05) is 45.7 Å². The zero-order chi connectivity index (χ0) is 18.2. The lowest BCUT2D eigenvalue weighted by Crippen LogP contribution is -2.40. The van der Waals surface area contributed by atoms with Gasteiger partial charge >= 0.3 is 0 Å². The van der Waals surface area contributed by atoms with Gasteiger partial charge in [-0.3, -0.25) is 0 Å². The van der Waals surface area contributed by atoms with Crippen LogP contribution in [0.1, 0.15) is 32.9 Å². The monoisotopic (exact) mass is 366 g/mol. The number of likely N-dealkylation sites (tertiary alicyclic amines) is 1. The molecule has 142 valence electrons. The highest BCUT2D eigenvalue weighted by Gasteiger charge is 2.25. The van der Waals surface area contributed by atoms with Crippen LogP contribution in [0.2, 0.25) is 0 Å². The second-order valence-corrected chi connectivity index (χ2v) is 7.61. The molecule has 1 aliphatic heterocycles. The largest absolute Gasteiger partial charge is 0.357 e. The number of guanidine groups is 1. The first-order valence-electron chi connectivity index (χ1n) is 9.44. The fourth-order valence-electron chi connectivity index (χ4n) is 3.18. The molecular formula is C18H34N6S. The van der Waals surface area contributed by atoms with Crippen molar-refractivity contribution in [2.75, 3.05) is 58.3 Å². The van der Waals surface area contributed by atoms with Gasteiger partial charge in [-0.2, -0.15) is 0 Å². The normalized spacial score (nSPS) is 18.2. The molecule has 1 unspecified atom stereocenters. The number of nitrogens with one attached hydrogen (secondary N) is 1. The molecule has 1 atom stereocenters. The summed E-state index contributed by atoms with van der Waals surface area (Å²) in [5.74, 6) is 1.77. The van der Waals surface area contributed by atoms with Crippen molar-refractivity contribution in [3.8, 4) is 0 Å². The zero-order valence-electron chi connectivity index (χ0n) is 16.5. The Morgan fingerprint density at radius 3 is 2.72 bits per heavy atom. The van der Waals surface area contributed by atoms with E-state index in [0.717, 1.165) is 55.4 Å². The number of anilines is 1. The summed E-state index contributed by atoms with van der Waals surface area (Å²) < 4.78 is 0. The van der Waals surface area contributed by atoms with Crippen LogP contribution >= 0.6 is 11.3 Å². The van der Waals surface area contributed by atoms with E-state index < -0.39 is 0 Å². The maximum atomic E-state index is 4.84. The molecule has 1 fully saturated rings. The van der Waals surface area contributed by atoms with Crippen molar-refractivity contribution in [1.82, 2.24) is 20.1 Å². The van der Waals surface area contributed by atoms with Crippen LogP contribution in [0, 0.1) is 5.92 Å². The number of aromatic nitrogens is 1. The summed E-state index contributed by atoms with van der Waals surface area (Å²) in [6.07, 6.45) is 1.25. The number of aliphatic imine (C=N–C) groups is 1. The van der Waals surface area contributed by atoms with Crippen molar-refractivity contribution in [2.45, 2.75) is 33.7 Å². The number of thiazole rings is 1. The molecule has 7 heteroatoms. The summed E-state index contributed by atoms with van der Waals surface area (Å²) in [7, 11) is 4.05. The van der Waals surface area contributed by atoms with Gasteiger partial charge in [-0.25, -0.2) is 9.98 Å². The number of hydrogen-bond donors (Lipinski definition) is 1. The lowest BCUT2D eigenvalue weighted by atomic mass is 10.1. The molecule has 1 saturated heterocycles. The predicted molar refractivity (Wildman–Crippen MR) is 109 cm³/mol. The van der Waals surface area contributed by atoms with Gasteiger partial charge < -0.3 is 20.0 Å².